The van der Waals surface area contributed by atoms with Gasteiger partial charge in [-0.1, -0.05) is 18.2 Å². The van der Waals surface area contributed by atoms with Gasteiger partial charge in [-0.05, 0) is 55.2 Å². The Morgan fingerprint density at radius 1 is 1.11 bits per heavy atom. The Labute approximate surface area is 165 Å². The molecule has 0 spiro atoms. The van der Waals surface area contributed by atoms with Crippen molar-refractivity contribution in [2.45, 2.75) is 31.8 Å². The van der Waals surface area contributed by atoms with E-state index in [0.717, 1.165) is 29.8 Å². The van der Waals surface area contributed by atoms with Crippen LogP contribution >= 0.6 is 0 Å². The molecule has 1 heterocycles. The lowest BCUT2D eigenvalue weighted by Gasteiger charge is -2.32. The third kappa shape index (κ3) is 4.07. The van der Waals surface area contributed by atoms with E-state index >= 15 is 0 Å². The maximum atomic E-state index is 11.8. The number of likely N-dealkylation sites (tertiary alicyclic amines) is 1. The van der Waals surface area contributed by atoms with Crippen molar-refractivity contribution in [3.63, 3.8) is 0 Å². The van der Waals surface area contributed by atoms with Crippen molar-refractivity contribution in [2.24, 2.45) is 0 Å². The molecule has 1 fully saturated rings. The van der Waals surface area contributed by atoms with Crippen molar-refractivity contribution in [3.05, 3.63) is 53.6 Å². The minimum atomic E-state index is -0.783. The lowest BCUT2D eigenvalue weighted by Crippen LogP contribution is -2.39. The molecular formula is C22H27NO5. The van der Waals surface area contributed by atoms with E-state index in [1.165, 1.54) is 0 Å². The molecule has 6 nitrogen and oxygen atoms in total. The second-order valence-corrected chi connectivity index (χ2v) is 6.75. The van der Waals surface area contributed by atoms with E-state index in [0.29, 0.717) is 24.5 Å². The zero-order valence-corrected chi connectivity index (χ0v) is 16.6. The highest BCUT2D eigenvalue weighted by molar-refractivity contribution is 5.74. The van der Waals surface area contributed by atoms with Crippen LogP contribution < -0.4 is 14.2 Å². The van der Waals surface area contributed by atoms with E-state index in [-0.39, 0.29) is 6.04 Å². The fourth-order valence-electron chi connectivity index (χ4n) is 3.85. The molecule has 6 heteroatoms. The summed E-state index contributed by atoms with van der Waals surface area (Å²) < 4.78 is 16.4. The van der Waals surface area contributed by atoms with E-state index in [4.69, 9.17) is 14.2 Å². The van der Waals surface area contributed by atoms with E-state index in [9.17, 15) is 9.90 Å². The summed E-state index contributed by atoms with van der Waals surface area (Å²) in [7, 11) is 3.24. The Morgan fingerprint density at radius 2 is 1.82 bits per heavy atom. The standard InChI is InChI=1S/C22H27NO5/c1-4-28-19-12-9-16(14-20(19)27-3)21(15-7-10-17(26-2)11-8-15)23-13-5-6-18(23)22(24)25/h7-12,14,18,21H,4-6,13H2,1-3H3,(H,24,25). The van der Waals surface area contributed by atoms with Gasteiger partial charge in [0.2, 0.25) is 0 Å². The number of carboxylic acid groups (broad SMARTS) is 1. The molecule has 1 aliphatic rings. The fraction of sp³-hybridized carbons (Fsp3) is 0.409. The second kappa shape index (κ2) is 8.97. The summed E-state index contributed by atoms with van der Waals surface area (Å²) >= 11 is 0. The van der Waals surface area contributed by atoms with Gasteiger partial charge >= 0.3 is 5.97 Å². The highest BCUT2D eigenvalue weighted by atomic mass is 16.5. The number of nitrogens with zero attached hydrogens (tertiary/aromatic N) is 1. The molecule has 3 rings (SSSR count). The molecular weight excluding hydrogens is 358 g/mol. The van der Waals surface area contributed by atoms with Crippen LogP contribution in [0.15, 0.2) is 42.5 Å². The Hall–Kier alpha value is -2.73. The Morgan fingerprint density at radius 3 is 2.43 bits per heavy atom. The van der Waals surface area contributed by atoms with Crippen LogP contribution in [-0.2, 0) is 4.79 Å². The highest BCUT2D eigenvalue weighted by Gasteiger charge is 2.37. The molecule has 150 valence electrons. The van der Waals surface area contributed by atoms with Crippen molar-refractivity contribution < 1.29 is 24.1 Å². The van der Waals surface area contributed by atoms with Crippen molar-refractivity contribution in [2.75, 3.05) is 27.4 Å². The van der Waals surface area contributed by atoms with Crippen molar-refractivity contribution in [1.29, 1.82) is 0 Å². The van der Waals surface area contributed by atoms with Crippen molar-refractivity contribution in [3.8, 4) is 17.2 Å². The molecule has 0 radical (unpaired) electrons. The number of rotatable bonds is 8. The van der Waals surface area contributed by atoms with Gasteiger partial charge in [0, 0.05) is 6.54 Å². The predicted octanol–water partition coefficient (Wildman–Crippen LogP) is 3.74. The second-order valence-electron chi connectivity index (χ2n) is 6.75. The van der Waals surface area contributed by atoms with Crippen LogP contribution in [0.3, 0.4) is 0 Å². The SMILES string of the molecule is CCOc1ccc(C(c2ccc(OC)cc2)N2CCCC2C(=O)O)cc1OC. The average molecular weight is 385 g/mol. The van der Waals surface area contributed by atoms with Gasteiger partial charge in [-0.3, -0.25) is 9.69 Å². The molecule has 2 aromatic carbocycles. The smallest absolute Gasteiger partial charge is 0.320 e. The lowest BCUT2D eigenvalue weighted by molar-refractivity contribution is -0.142. The van der Waals surface area contributed by atoms with Gasteiger partial charge in [0.05, 0.1) is 26.9 Å². The third-order valence-corrected chi connectivity index (χ3v) is 5.15. The normalized spacial score (nSPS) is 17.9. The minimum Gasteiger partial charge on any atom is -0.497 e. The molecule has 0 bridgehead atoms. The van der Waals surface area contributed by atoms with Gasteiger partial charge in [-0.15, -0.1) is 0 Å². The van der Waals surface area contributed by atoms with Crippen LogP contribution in [-0.4, -0.2) is 49.4 Å². The maximum Gasteiger partial charge on any atom is 0.320 e. The van der Waals surface area contributed by atoms with Gasteiger partial charge in [0.1, 0.15) is 11.8 Å². The summed E-state index contributed by atoms with van der Waals surface area (Å²) in [6, 6.07) is 12.9. The first-order valence-electron chi connectivity index (χ1n) is 9.52. The number of hydrogen-bond acceptors (Lipinski definition) is 5. The monoisotopic (exact) mass is 385 g/mol. The van der Waals surface area contributed by atoms with Crippen LogP contribution in [0.2, 0.25) is 0 Å². The molecule has 2 aromatic rings. The number of carboxylic acids is 1. The number of methoxy groups -OCH3 is 2. The number of ether oxygens (including phenoxy) is 3. The molecule has 2 unspecified atom stereocenters. The summed E-state index contributed by atoms with van der Waals surface area (Å²) in [6.45, 7) is 3.20. The van der Waals surface area contributed by atoms with Crippen LogP contribution in [0, 0.1) is 0 Å². The largest absolute Gasteiger partial charge is 0.497 e. The third-order valence-electron chi connectivity index (χ3n) is 5.15. The molecule has 2 atom stereocenters. The number of aliphatic carboxylic acids is 1. The van der Waals surface area contributed by atoms with E-state index in [1.807, 2.05) is 49.4 Å². The van der Waals surface area contributed by atoms with E-state index in [2.05, 4.69) is 4.90 Å². The van der Waals surface area contributed by atoms with Gasteiger partial charge in [0.15, 0.2) is 11.5 Å². The van der Waals surface area contributed by atoms with Crippen LogP contribution in [0.25, 0.3) is 0 Å². The first-order valence-corrected chi connectivity index (χ1v) is 9.52. The minimum absolute atomic E-state index is 0.195. The summed E-state index contributed by atoms with van der Waals surface area (Å²) in [4.78, 5) is 13.9. The zero-order valence-electron chi connectivity index (χ0n) is 16.6. The Balaban J connectivity index is 2.06. The maximum absolute atomic E-state index is 11.8. The summed E-state index contributed by atoms with van der Waals surface area (Å²) in [6.07, 6.45) is 1.51. The summed E-state index contributed by atoms with van der Waals surface area (Å²) in [5.74, 6) is 1.30. The van der Waals surface area contributed by atoms with Gasteiger partial charge < -0.3 is 19.3 Å². The molecule has 0 amide bonds. The van der Waals surface area contributed by atoms with Gasteiger partial charge in [-0.2, -0.15) is 0 Å². The molecule has 1 N–H and O–H groups in total. The molecule has 1 saturated heterocycles. The summed E-state index contributed by atoms with van der Waals surface area (Å²) in [5, 5.41) is 9.72. The van der Waals surface area contributed by atoms with E-state index in [1.54, 1.807) is 14.2 Å². The molecule has 0 saturated carbocycles. The number of carbonyl (C=O) groups is 1. The molecule has 1 aliphatic heterocycles. The first-order chi connectivity index (χ1) is 13.6. The lowest BCUT2D eigenvalue weighted by atomic mass is 9.95. The molecule has 0 aliphatic carbocycles. The number of benzene rings is 2. The van der Waals surface area contributed by atoms with E-state index < -0.39 is 12.0 Å². The fourth-order valence-corrected chi connectivity index (χ4v) is 3.85. The molecule has 0 aromatic heterocycles. The van der Waals surface area contributed by atoms with Crippen molar-refractivity contribution in [1.82, 2.24) is 4.90 Å². The summed E-state index contributed by atoms with van der Waals surface area (Å²) in [5.41, 5.74) is 1.98. The number of hydrogen-bond donors (Lipinski definition) is 1. The highest BCUT2D eigenvalue weighted by Crippen LogP contribution is 2.39. The van der Waals surface area contributed by atoms with Crippen molar-refractivity contribution >= 4 is 5.97 Å². The zero-order chi connectivity index (χ0) is 20.1. The average Bonchev–Trinajstić information content (AvgIpc) is 3.19. The topological polar surface area (TPSA) is 68.2 Å². The molecule has 28 heavy (non-hydrogen) atoms. The van der Waals surface area contributed by atoms with Crippen LogP contribution in [0.1, 0.15) is 36.9 Å². The quantitative estimate of drug-likeness (QED) is 0.747. The predicted molar refractivity (Wildman–Crippen MR) is 106 cm³/mol. The Kier molecular flexibility index (Phi) is 6.41. The van der Waals surface area contributed by atoms with Crippen LogP contribution in [0.4, 0.5) is 0 Å². The first kappa shape index (κ1) is 20.0. The van der Waals surface area contributed by atoms with Gasteiger partial charge in [0.25, 0.3) is 0 Å². The van der Waals surface area contributed by atoms with Gasteiger partial charge in [-0.25, -0.2) is 0 Å². The van der Waals surface area contributed by atoms with Crippen LogP contribution in [0.5, 0.6) is 17.2 Å². The Bertz CT molecular complexity index is 805.